The van der Waals surface area contributed by atoms with E-state index in [9.17, 15) is 22.8 Å². The lowest BCUT2D eigenvalue weighted by Gasteiger charge is -2.32. The van der Waals surface area contributed by atoms with Gasteiger partial charge in [0.1, 0.15) is 6.54 Å². The standard InChI is InChI=1S/C16H18F3NO3/c1-20(10-13(21)22)14(23)15(7-2-3-8-15)11-5-4-6-12(9-11)16(17,18)19/h4-6,9H,2-3,7-8,10H2,1H3,(H,21,22). The Bertz CT molecular complexity index is 607. The molecule has 0 atom stereocenters. The lowest BCUT2D eigenvalue weighted by Crippen LogP contribution is -2.45. The summed E-state index contributed by atoms with van der Waals surface area (Å²) in [6, 6.07) is 4.80. The van der Waals surface area contributed by atoms with Crippen molar-refractivity contribution >= 4 is 11.9 Å². The first-order valence-corrected chi connectivity index (χ1v) is 7.32. The second-order valence-electron chi connectivity index (χ2n) is 5.92. The van der Waals surface area contributed by atoms with Gasteiger partial charge in [-0.25, -0.2) is 0 Å². The van der Waals surface area contributed by atoms with Crippen molar-refractivity contribution in [1.29, 1.82) is 0 Å². The Morgan fingerprint density at radius 3 is 2.39 bits per heavy atom. The predicted octanol–water partition coefficient (Wildman–Crippen LogP) is 3.06. The van der Waals surface area contributed by atoms with E-state index in [0.29, 0.717) is 18.4 Å². The number of carbonyl (C=O) groups is 2. The Labute approximate surface area is 131 Å². The van der Waals surface area contributed by atoms with Crippen LogP contribution in [-0.4, -0.2) is 35.5 Å². The Morgan fingerprint density at radius 2 is 1.87 bits per heavy atom. The van der Waals surface area contributed by atoms with Crippen molar-refractivity contribution in [3.05, 3.63) is 35.4 Å². The van der Waals surface area contributed by atoms with E-state index in [1.807, 2.05) is 0 Å². The fourth-order valence-corrected chi connectivity index (χ4v) is 3.24. The summed E-state index contributed by atoms with van der Waals surface area (Å²) in [6.45, 7) is -0.473. The predicted molar refractivity (Wildman–Crippen MR) is 76.9 cm³/mol. The van der Waals surface area contributed by atoms with Gasteiger partial charge in [0.05, 0.1) is 11.0 Å². The molecule has 4 nitrogen and oxygen atoms in total. The first kappa shape index (κ1) is 17.3. The molecule has 1 amide bonds. The number of alkyl halides is 3. The molecular weight excluding hydrogens is 311 g/mol. The van der Waals surface area contributed by atoms with Crippen LogP contribution in [0.3, 0.4) is 0 Å². The molecule has 1 aliphatic rings. The average Bonchev–Trinajstić information content (AvgIpc) is 2.95. The molecule has 0 spiro atoms. The molecule has 1 aromatic rings. The Balaban J connectivity index is 2.42. The van der Waals surface area contributed by atoms with Crippen molar-refractivity contribution in [3.8, 4) is 0 Å². The molecule has 23 heavy (non-hydrogen) atoms. The van der Waals surface area contributed by atoms with Crippen LogP contribution in [0.4, 0.5) is 13.2 Å². The van der Waals surface area contributed by atoms with E-state index in [1.165, 1.54) is 19.2 Å². The summed E-state index contributed by atoms with van der Waals surface area (Å²) in [5.74, 6) is -1.59. The molecule has 2 rings (SSSR count). The summed E-state index contributed by atoms with van der Waals surface area (Å²) in [5, 5.41) is 8.84. The largest absolute Gasteiger partial charge is 0.480 e. The van der Waals surface area contributed by atoms with Gasteiger partial charge >= 0.3 is 12.1 Å². The molecule has 0 bridgehead atoms. The maximum Gasteiger partial charge on any atom is 0.416 e. The van der Waals surface area contributed by atoms with E-state index in [4.69, 9.17) is 5.11 Å². The van der Waals surface area contributed by atoms with Crippen molar-refractivity contribution in [2.24, 2.45) is 0 Å². The van der Waals surface area contributed by atoms with Gasteiger partial charge in [0.2, 0.25) is 5.91 Å². The van der Waals surface area contributed by atoms with Crippen LogP contribution in [-0.2, 0) is 21.2 Å². The quantitative estimate of drug-likeness (QED) is 0.924. The first-order valence-electron chi connectivity index (χ1n) is 7.32. The smallest absolute Gasteiger partial charge is 0.416 e. The van der Waals surface area contributed by atoms with Gasteiger partial charge in [-0.15, -0.1) is 0 Å². The van der Waals surface area contributed by atoms with Gasteiger partial charge < -0.3 is 10.0 Å². The molecule has 0 heterocycles. The number of likely N-dealkylation sites (N-methyl/N-ethyl adjacent to an activating group) is 1. The highest BCUT2D eigenvalue weighted by atomic mass is 19.4. The van der Waals surface area contributed by atoms with E-state index in [0.717, 1.165) is 29.9 Å². The number of carboxylic acid groups (broad SMARTS) is 1. The number of benzene rings is 1. The summed E-state index contributed by atoms with van der Waals surface area (Å²) < 4.78 is 38.8. The van der Waals surface area contributed by atoms with E-state index in [2.05, 4.69) is 0 Å². The highest BCUT2D eigenvalue weighted by Gasteiger charge is 2.45. The second kappa shape index (κ2) is 6.22. The van der Waals surface area contributed by atoms with Gasteiger partial charge in [-0.2, -0.15) is 13.2 Å². The summed E-state index contributed by atoms with van der Waals surface area (Å²) >= 11 is 0. The molecule has 1 aromatic carbocycles. The highest BCUT2D eigenvalue weighted by molar-refractivity contribution is 5.90. The van der Waals surface area contributed by atoms with Crippen molar-refractivity contribution < 1.29 is 27.9 Å². The zero-order chi connectivity index (χ0) is 17.3. The van der Waals surface area contributed by atoms with E-state index >= 15 is 0 Å². The monoisotopic (exact) mass is 329 g/mol. The van der Waals surface area contributed by atoms with Crippen molar-refractivity contribution in [2.75, 3.05) is 13.6 Å². The molecule has 1 N–H and O–H groups in total. The first-order chi connectivity index (χ1) is 10.7. The van der Waals surface area contributed by atoms with Crippen molar-refractivity contribution in [1.82, 2.24) is 4.90 Å². The molecule has 0 unspecified atom stereocenters. The number of nitrogens with zero attached hydrogens (tertiary/aromatic N) is 1. The number of carboxylic acids is 1. The molecule has 7 heteroatoms. The fourth-order valence-electron chi connectivity index (χ4n) is 3.24. The van der Waals surface area contributed by atoms with E-state index in [-0.39, 0.29) is 0 Å². The van der Waals surface area contributed by atoms with Crippen LogP contribution >= 0.6 is 0 Å². The van der Waals surface area contributed by atoms with Crippen molar-refractivity contribution in [2.45, 2.75) is 37.3 Å². The fraction of sp³-hybridized carbons (Fsp3) is 0.500. The van der Waals surface area contributed by atoms with E-state index < -0.39 is 35.6 Å². The summed E-state index contributed by atoms with van der Waals surface area (Å²) in [5.41, 5.74) is -1.55. The molecule has 0 aliphatic heterocycles. The van der Waals surface area contributed by atoms with Crippen LogP contribution in [0.15, 0.2) is 24.3 Å². The molecule has 1 saturated carbocycles. The number of carbonyl (C=O) groups excluding carboxylic acids is 1. The number of hydrogen-bond acceptors (Lipinski definition) is 2. The molecule has 0 aromatic heterocycles. The summed E-state index contributed by atoms with van der Waals surface area (Å²) in [7, 11) is 1.37. The number of hydrogen-bond donors (Lipinski definition) is 1. The van der Waals surface area contributed by atoms with Gasteiger partial charge in [-0.1, -0.05) is 31.0 Å². The van der Waals surface area contributed by atoms with Crippen LogP contribution in [0, 0.1) is 0 Å². The molecule has 126 valence electrons. The maximum absolute atomic E-state index is 12.9. The highest BCUT2D eigenvalue weighted by Crippen LogP contribution is 2.44. The number of aliphatic carboxylic acids is 1. The third-order valence-corrected chi connectivity index (χ3v) is 4.33. The van der Waals surface area contributed by atoms with Gasteiger partial charge in [0.25, 0.3) is 0 Å². The van der Waals surface area contributed by atoms with Gasteiger partial charge in [-0.3, -0.25) is 9.59 Å². The Hall–Kier alpha value is -2.05. The summed E-state index contributed by atoms with van der Waals surface area (Å²) in [6.07, 6.45) is -2.17. The van der Waals surface area contributed by atoms with Gasteiger partial charge in [0.15, 0.2) is 0 Å². The van der Waals surface area contributed by atoms with Gasteiger partial charge in [0, 0.05) is 7.05 Å². The van der Waals surface area contributed by atoms with Crippen LogP contribution in [0.2, 0.25) is 0 Å². The summed E-state index contributed by atoms with van der Waals surface area (Å²) in [4.78, 5) is 24.6. The van der Waals surface area contributed by atoms with Crippen LogP contribution < -0.4 is 0 Å². The van der Waals surface area contributed by atoms with Crippen LogP contribution in [0.25, 0.3) is 0 Å². The molecule has 0 radical (unpaired) electrons. The number of amides is 1. The van der Waals surface area contributed by atoms with Crippen LogP contribution in [0.1, 0.15) is 36.8 Å². The minimum Gasteiger partial charge on any atom is -0.480 e. The number of halogens is 3. The second-order valence-corrected chi connectivity index (χ2v) is 5.92. The van der Waals surface area contributed by atoms with Gasteiger partial charge in [-0.05, 0) is 24.5 Å². The zero-order valence-electron chi connectivity index (χ0n) is 12.7. The lowest BCUT2D eigenvalue weighted by atomic mass is 9.77. The molecule has 1 fully saturated rings. The van der Waals surface area contributed by atoms with E-state index in [1.54, 1.807) is 0 Å². The zero-order valence-corrected chi connectivity index (χ0v) is 12.7. The maximum atomic E-state index is 12.9. The number of rotatable bonds is 4. The Morgan fingerprint density at radius 1 is 1.26 bits per heavy atom. The van der Waals surface area contributed by atoms with Crippen LogP contribution in [0.5, 0.6) is 0 Å². The average molecular weight is 329 g/mol. The molecule has 1 aliphatic carbocycles. The normalized spacial score (nSPS) is 17.0. The Kier molecular flexibility index (Phi) is 4.68. The molecule has 0 saturated heterocycles. The van der Waals surface area contributed by atoms with Crippen molar-refractivity contribution in [3.63, 3.8) is 0 Å². The minimum atomic E-state index is -4.48. The SMILES string of the molecule is CN(CC(=O)O)C(=O)C1(c2cccc(C(F)(F)F)c2)CCCC1. The topological polar surface area (TPSA) is 57.6 Å². The third kappa shape index (κ3) is 3.48. The minimum absolute atomic E-state index is 0.312. The molecular formula is C16H18F3NO3. The third-order valence-electron chi connectivity index (χ3n) is 4.33. The lowest BCUT2D eigenvalue weighted by molar-refractivity contribution is -0.146.